The van der Waals surface area contributed by atoms with E-state index in [1.165, 1.54) is 13.1 Å². The van der Waals surface area contributed by atoms with Gasteiger partial charge in [0.15, 0.2) is 0 Å². The lowest BCUT2D eigenvalue weighted by Gasteiger charge is -2.23. The number of fused-ring (bicyclic) bond motifs is 1. The van der Waals surface area contributed by atoms with E-state index in [4.69, 9.17) is 9.47 Å². The Labute approximate surface area is 178 Å². The van der Waals surface area contributed by atoms with E-state index >= 15 is 0 Å². The third-order valence-electron chi connectivity index (χ3n) is 5.02. The Kier molecular flexibility index (Phi) is 6.10. The minimum atomic E-state index is -4.80. The molecule has 1 heterocycles. The summed E-state index contributed by atoms with van der Waals surface area (Å²) in [5.41, 5.74) is 4.00. The predicted octanol–water partition coefficient (Wildman–Crippen LogP) is 5.80. The van der Waals surface area contributed by atoms with Crippen molar-refractivity contribution in [3.63, 3.8) is 0 Å². The molecule has 31 heavy (non-hydrogen) atoms. The third-order valence-corrected chi connectivity index (χ3v) is 5.02. The Morgan fingerprint density at radius 2 is 1.74 bits per heavy atom. The topological polar surface area (TPSA) is 60.5 Å². The quantitative estimate of drug-likeness (QED) is 0.567. The van der Waals surface area contributed by atoms with Crippen LogP contribution in [0.15, 0.2) is 36.4 Å². The number of methoxy groups -OCH3 is 1. The highest BCUT2D eigenvalue weighted by Crippen LogP contribution is 2.42. The summed E-state index contributed by atoms with van der Waals surface area (Å²) in [6.45, 7) is 5.43. The van der Waals surface area contributed by atoms with Gasteiger partial charge in [-0.1, -0.05) is 18.2 Å². The molecular weight excluding hydrogens is 409 g/mol. The Morgan fingerprint density at radius 3 is 2.29 bits per heavy atom. The number of alkyl halides is 3. The summed E-state index contributed by atoms with van der Waals surface area (Å²) < 4.78 is 51.6. The van der Waals surface area contributed by atoms with Crippen molar-refractivity contribution >= 4 is 17.0 Å². The number of aryl methyl sites for hydroxylation is 3. The number of aromatic nitrogens is 1. The van der Waals surface area contributed by atoms with Crippen LogP contribution in [0.5, 0.6) is 5.75 Å². The summed E-state index contributed by atoms with van der Waals surface area (Å²) >= 11 is 0. The third kappa shape index (κ3) is 4.42. The second kappa shape index (κ2) is 8.45. The van der Waals surface area contributed by atoms with Crippen LogP contribution in [-0.2, 0) is 4.74 Å². The molecule has 5 nitrogen and oxygen atoms in total. The number of nitrogens with one attached hydrogen (secondary N) is 1. The maximum Gasteiger partial charge on any atom is 0.429 e. The summed E-state index contributed by atoms with van der Waals surface area (Å²) in [4.78, 5) is 16.2. The molecule has 0 saturated carbocycles. The van der Waals surface area contributed by atoms with Gasteiger partial charge in [0, 0.05) is 29.3 Å². The van der Waals surface area contributed by atoms with E-state index < -0.39 is 18.4 Å². The SMILES string of the molecule is CNC(=O)OC(c1cc(C)nc2c(-c3c(C)cc(OC)cc3C)cccc12)C(F)(F)F. The van der Waals surface area contributed by atoms with Crippen LogP contribution in [0.25, 0.3) is 22.0 Å². The van der Waals surface area contributed by atoms with Gasteiger partial charge in [-0.25, -0.2) is 4.79 Å². The number of hydrogen-bond acceptors (Lipinski definition) is 4. The Hall–Kier alpha value is -3.29. The minimum absolute atomic E-state index is 0.163. The van der Waals surface area contributed by atoms with Gasteiger partial charge in [0.25, 0.3) is 0 Å². The zero-order valence-electron chi connectivity index (χ0n) is 17.8. The number of benzene rings is 2. The fraction of sp³-hybridized carbons (Fsp3) is 0.304. The van der Waals surface area contributed by atoms with Crippen molar-refractivity contribution in [3.05, 3.63) is 58.8 Å². The fourth-order valence-electron chi connectivity index (χ4n) is 3.77. The maximum atomic E-state index is 13.9. The van der Waals surface area contributed by atoms with Crippen LogP contribution in [0, 0.1) is 20.8 Å². The summed E-state index contributed by atoms with van der Waals surface area (Å²) in [5.74, 6) is 0.694. The van der Waals surface area contributed by atoms with Crippen LogP contribution in [0.1, 0.15) is 28.5 Å². The van der Waals surface area contributed by atoms with Gasteiger partial charge in [0.2, 0.25) is 6.10 Å². The van der Waals surface area contributed by atoms with Gasteiger partial charge in [-0.3, -0.25) is 4.98 Å². The first kappa shape index (κ1) is 22.4. The van der Waals surface area contributed by atoms with E-state index in [0.29, 0.717) is 22.5 Å². The van der Waals surface area contributed by atoms with Crippen LogP contribution in [0.3, 0.4) is 0 Å². The molecule has 0 aliphatic rings. The molecule has 1 N–H and O–H groups in total. The van der Waals surface area contributed by atoms with E-state index in [9.17, 15) is 18.0 Å². The molecule has 0 fully saturated rings. The molecule has 1 atom stereocenters. The van der Waals surface area contributed by atoms with Gasteiger partial charge in [-0.05, 0) is 55.7 Å². The summed E-state index contributed by atoms with van der Waals surface area (Å²) in [5, 5.41) is 2.34. The fourth-order valence-corrected chi connectivity index (χ4v) is 3.77. The number of amides is 1. The lowest BCUT2D eigenvalue weighted by molar-refractivity contribution is -0.206. The number of halogens is 3. The number of hydrogen-bond donors (Lipinski definition) is 1. The van der Waals surface area contributed by atoms with E-state index in [0.717, 1.165) is 16.7 Å². The lowest BCUT2D eigenvalue weighted by atomic mass is 9.91. The van der Waals surface area contributed by atoms with Crippen molar-refractivity contribution in [2.24, 2.45) is 0 Å². The minimum Gasteiger partial charge on any atom is -0.497 e. The van der Waals surface area contributed by atoms with Gasteiger partial charge in [-0.2, -0.15) is 13.2 Å². The van der Waals surface area contributed by atoms with Gasteiger partial charge in [0.05, 0.1) is 12.6 Å². The molecule has 0 bridgehead atoms. The van der Waals surface area contributed by atoms with Crippen LogP contribution >= 0.6 is 0 Å². The smallest absolute Gasteiger partial charge is 0.429 e. The van der Waals surface area contributed by atoms with Crippen molar-refractivity contribution in [1.29, 1.82) is 0 Å². The normalized spacial score (nSPS) is 12.5. The molecule has 1 unspecified atom stereocenters. The Morgan fingerprint density at radius 1 is 1.10 bits per heavy atom. The van der Waals surface area contributed by atoms with Crippen LogP contribution in [0.2, 0.25) is 0 Å². The summed E-state index contributed by atoms with van der Waals surface area (Å²) in [6.07, 6.45) is -8.39. The van der Waals surface area contributed by atoms with Crippen molar-refractivity contribution in [1.82, 2.24) is 10.3 Å². The number of alkyl carbamates (subject to hydrolysis) is 1. The molecule has 1 aromatic heterocycles. The molecule has 1 amide bonds. The van der Waals surface area contributed by atoms with Crippen LogP contribution in [0.4, 0.5) is 18.0 Å². The number of pyridine rings is 1. The van der Waals surface area contributed by atoms with Crippen LogP contribution < -0.4 is 10.1 Å². The van der Waals surface area contributed by atoms with E-state index in [1.807, 2.05) is 32.0 Å². The van der Waals surface area contributed by atoms with Crippen molar-refractivity contribution in [3.8, 4) is 16.9 Å². The van der Waals surface area contributed by atoms with Gasteiger partial charge in [0.1, 0.15) is 5.75 Å². The van der Waals surface area contributed by atoms with Crippen molar-refractivity contribution < 1.29 is 27.4 Å². The molecule has 0 aliphatic heterocycles. The van der Waals surface area contributed by atoms with E-state index in [1.54, 1.807) is 26.2 Å². The number of para-hydroxylation sites is 1. The maximum absolute atomic E-state index is 13.9. The van der Waals surface area contributed by atoms with Crippen molar-refractivity contribution in [2.45, 2.75) is 33.1 Å². The second-order valence-corrected chi connectivity index (χ2v) is 7.27. The van der Waals surface area contributed by atoms with Crippen LogP contribution in [-0.4, -0.2) is 31.4 Å². The Bertz CT molecular complexity index is 1120. The van der Waals surface area contributed by atoms with E-state index in [2.05, 4.69) is 10.3 Å². The number of nitrogens with zero attached hydrogens (tertiary/aromatic N) is 1. The molecule has 164 valence electrons. The summed E-state index contributed by atoms with van der Waals surface area (Å²) in [7, 11) is 2.78. The monoisotopic (exact) mass is 432 g/mol. The highest BCUT2D eigenvalue weighted by molar-refractivity contribution is 5.97. The highest BCUT2D eigenvalue weighted by Gasteiger charge is 2.45. The first-order valence-corrected chi connectivity index (χ1v) is 9.57. The molecule has 2 aromatic carbocycles. The molecule has 0 spiro atoms. The molecule has 3 rings (SSSR count). The molecule has 0 aliphatic carbocycles. The average Bonchev–Trinajstić information content (AvgIpc) is 2.70. The molecular formula is C23H23F3N2O3. The summed E-state index contributed by atoms with van der Waals surface area (Å²) in [6, 6.07) is 10.1. The first-order chi connectivity index (χ1) is 14.6. The highest BCUT2D eigenvalue weighted by atomic mass is 19.4. The zero-order chi connectivity index (χ0) is 22.9. The lowest BCUT2D eigenvalue weighted by Crippen LogP contribution is -2.30. The first-order valence-electron chi connectivity index (χ1n) is 9.57. The largest absolute Gasteiger partial charge is 0.497 e. The number of rotatable bonds is 4. The molecule has 8 heteroatoms. The number of ether oxygens (including phenoxy) is 2. The number of carbonyl (C=O) groups is 1. The Balaban J connectivity index is 2.31. The van der Waals surface area contributed by atoms with Gasteiger partial charge >= 0.3 is 12.3 Å². The zero-order valence-corrected chi connectivity index (χ0v) is 17.8. The standard InChI is InChI=1S/C23H23F3N2O3/c1-12-9-15(30-5)10-13(2)19(12)17-8-6-7-16-18(11-14(3)28-20(16)17)21(23(24,25)26)31-22(29)27-4/h6-11,21H,1-5H3,(H,27,29). The van der Waals surface area contributed by atoms with Gasteiger partial charge < -0.3 is 14.8 Å². The molecule has 0 radical (unpaired) electrons. The average molecular weight is 432 g/mol. The molecule has 0 saturated heterocycles. The van der Waals surface area contributed by atoms with Gasteiger partial charge in [-0.15, -0.1) is 0 Å². The second-order valence-electron chi connectivity index (χ2n) is 7.27. The van der Waals surface area contributed by atoms with E-state index in [-0.39, 0.29) is 10.9 Å². The molecule has 3 aromatic rings. The number of carbonyl (C=O) groups excluding carboxylic acids is 1. The predicted molar refractivity (Wildman–Crippen MR) is 112 cm³/mol. The van der Waals surface area contributed by atoms with Crippen molar-refractivity contribution in [2.75, 3.05) is 14.2 Å².